The first-order valence-corrected chi connectivity index (χ1v) is 10.9. The summed E-state index contributed by atoms with van der Waals surface area (Å²) >= 11 is 0. The largest absolute Gasteiger partial charge is 0.346 e. The average Bonchev–Trinajstić information content (AvgIpc) is 3.24. The van der Waals surface area contributed by atoms with E-state index < -0.39 is 10.0 Å². The Balaban J connectivity index is 1.74. The lowest BCUT2D eigenvalue weighted by Crippen LogP contribution is -2.29. The maximum Gasteiger partial charge on any atom is 0.251 e. The smallest absolute Gasteiger partial charge is 0.251 e. The van der Waals surface area contributed by atoms with E-state index in [1.807, 2.05) is 19.1 Å². The summed E-state index contributed by atoms with van der Waals surface area (Å²) in [6, 6.07) is 14.3. The Hall–Kier alpha value is -2.18. The van der Waals surface area contributed by atoms with E-state index in [1.165, 1.54) is 15.9 Å². The van der Waals surface area contributed by atoms with Gasteiger partial charge in [0.1, 0.15) is 0 Å². The molecule has 2 aromatic carbocycles. The molecular formula is C21H26N2O3S. The minimum atomic E-state index is -3.53. The van der Waals surface area contributed by atoms with Crippen molar-refractivity contribution < 1.29 is 13.2 Å². The minimum Gasteiger partial charge on any atom is -0.346 e. The third-order valence-corrected chi connectivity index (χ3v) is 6.93. The molecule has 1 heterocycles. The van der Waals surface area contributed by atoms with Crippen LogP contribution < -0.4 is 5.32 Å². The fraction of sp³-hybridized carbons (Fsp3) is 0.381. The van der Waals surface area contributed by atoms with Crippen molar-refractivity contribution in [3.05, 3.63) is 65.2 Å². The molecule has 0 saturated carbocycles. The van der Waals surface area contributed by atoms with Gasteiger partial charge in [0.05, 0.1) is 10.9 Å². The second-order valence-electron chi connectivity index (χ2n) is 6.93. The van der Waals surface area contributed by atoms with Gasteiger partial charge in [-0.15, -0.1) is 0 Å². The molecule has 1 fully saturated rings. The first-order valence-electron chi connectivity index (χ1n) is 9.41. The van der Waals surface area contributed by atoms with Crippen molar-refractivity contribution >= 4 is 15.9 Å². The average molecular weight is 387 g/mol. The molecule has 0 spiro atoms. The van der Waals surface area contributed by atoms with Crippen LogP contribution in [0.4, 0.5) is 0 Å². The molecule has 0 unspecified atom stereocenters. The maximum atomic E-state index is 12.7. The quantitative estimate of drug-likeness (QED) is 0.826. The van der Waals surface area contributed by atoms with Gasteiger partial charge in [-0.25, -0.2) is 8.42 Å². The number of carbonyl (C=O) groups excluding carboxylic acids is 1. The van der Waals surface area contributed by atoms with Gasteiger partial charge in [0.2, 0.25) is 10.0 Å². The van der Waals surface area contributed by atoms with E-state index in [1.54, 1.807) is 18.2 Å². The third-order valence-electron chi connectivity index (χ3n) is 5.03. The lowest BCUT2D eigenvalue weighted by atomic mass is 10.0. The molecule has 1 amide bonds. The van der Waals surface area contributed by atoms with Gasteiger partial charge in [0, 0.05) is 18.7 Å². The molecule has 3 rings (SSSR count). The highest BCUT2D eigenvalue weighted by atomic mass is 32.2. The molecule has 6 heteroatoms. The molecule has 1 saturated heterocycles. The van der Waals surface area contributed by atoms with Crippen molar-refractivity contribution in [2.45, 2.75) is 44.0 Å². The highest BCUT2D eigenvalue weighted by molar-refractivity contribution is 7.89. The zero-order valence-electron chi connectivity index (χ0n) is 15.8. The normalized spacial score (nSPS) is 16.2. The van der Waals surface area contributed by atoms with Crippen molar-refractivity contribution in [3.63, 3.8) is 0 Å². The van der Waals surface area contributed by atoms with E-state index in [-0.39, 0.29) is 16.8 Å². The van der Waals surface area contributed by atoms with Crippen LogP contribution in [0.1, 0.15) is 54.2 Å². The molecule has 2 aromatic rings. The van der Waals surface area contributed by atoms with Crippen molar-refractivity contribution in [1.82, 2.24) is 9.62 Å². The lowest BCUT2D eigenvalue weighted by molar-refractivity contribution is 0.0939. The molecule has 0 aromatic heterocycles. The van der Waals surface area contributed by atoms with Gasteiger partial charge in [0.15, 0.2) is 0 Å². The second-order valence-corrected chi connectivity index (χ2v) is 8.87. The van der Waals surface area contributed by atoms with Crippen molar-refractivity contribution in [2.75, 3.05) is 13.1 Å². The molecule has 0 bridgehead atoms. The predicted molar refractivity (Wildman–Crippen MR) is 106 cm³/mol. The topological polar surface area (TPSA) is 66.5 Å². The SMILES string of the molecule is CCc1ccc([C@@H](C)NC(=O)c2cccc(S(=O)(=O)N3CCCC3)c2)cc1. The van der Waals surface area contributed by atoms with Gasteiger partial charge in [-0.1, -0.05) is 37.3 Å². The Morgan fingerprint density at radius 1 is 1.11 bits per heavy atom. The number of sulfonamides is 1. The van der Waals surface area contributed by atoms with Crippen LogP contribution in [0.2, 0.25) is 0 Å². The Kier molecular flexibility index (Phi) is 5.97. The van der Waals surface area contributed by atoms with E-state index in [0.717, 1.165) is 24.8 Å². The van der Waals surface area contributed by atoms with Gasteiger partial charge in [0.25, 0.3) is 5.91 Å². The van der Waals surface area contributed by atoms with Gasteiger partial charge in [-0.3, -0.25) is 4.79 Å². The Bertz CT molecular complexity index is 901. The van der Waals surface area contributed by atoms with Crippen LogP contribution in [-0.4, -0.2) is 31.7 Å². The molecule has 1 aliphatic rings. The summed E-state index contributed by atoms with van der Waals surface area (Å²) in [5.41, 5.74) is 2.62. The Morgan fingerprint density at radius 2 is 1.78 bits per heavy atom. The molecular weight excluding hydrogens is 360 g/mol. The van der Waals surface area contributed by atoms with Gasteiger partial charge < -0.3 is 5.32 Å². The summed E-state index contributed by atoms with van der Waals surface area (Å²) in [5, 5.41) is 2.95. The maximum absolute atomic E-state index is 12.7. The molecule has 27 heavy (non-hydrogen) atoms. The highest BCUT2D eigenvalue weighted by Crippen LogP contribution is 2.22. The van der Waals surface area contributed by atoms with E-state index >= 15 is 0 Å². The minimum absolute atomic E-state index is 0.165. The standard InChI is InChI=1S/C21H26N2O3S/c1-3-17-9-11-18(12-10-17)16(2)22-21(24)19-7-6-8-20(15-19)27(25,26)23-13-4-5-14-23/h6-12,15-16H,3-5,13-14H2,1-2H3,(H,22,24)/t16-/m1/s1. The first-order chi connectivity index (χ1) is 12.9. The van der Waals surface area contributed by atoms with E-state index in [0.29, 0.717) is 18.7 Å². The van der Waals surface area contributed by atoms with E-state index in [2.05, 4.69) is 24.4 Å². The van der Waals surface area contributed by atoms with Crippen LogP contribution >= 0.6 is 0 Å². The lowest BCUT2D eigenvalue weighted by Gasteiger charge is -2.17. The molecule has 1 aliphatic heterocycles. The Labute approximate surface area is 161 Å². The van der Waals surface area contributed by atoms with Gasteiger partial charge >= 0.3 is 0 Å². The summed E-state index contributed by atoms with van der Waals surface area (Å²) in [7, 11) is -3.53. The number of aryl methyl sites for hydroxylation is 1. The molecule has 0 radical (unpaired) electrons. The summed E-state index contributed by atoms with van der Waals surface area (Å²) < 4.78 is 26.9. The predicted octanol–water partition coefficient (Wildman–Crippen LogP) is 3.52. The molecule has 0 aliphatic carbocycles. The van der Waals surface area contributed by atoms with Crippen LogP contribution in [-0.2, 0) is 16.4 Å². The zero-order valence-corrected chi connectivity index (χ0v) is 16.6. The fourth-order valence-electron chi connectivity index (χ4n) is 3.28. The van der Waals surface area contributed by atoms with Crippen LogP contribution in [0.25, 0.3) is 0 Å². The third kappa shape index (κ3) is 4.39. The van der Waals surface area contributed by atoms with Gasteiger partial charge in [-0.05, 0) is 55.5 Å². The molecule has 1 atom stereocenters. The number of amides is 1. The number of benzene rings is 2. The summed E-state index contributed by atoms with van der Waals surface area (Å²) in [4.78, 5) is 12.8. The number of nitrogens with zero attached hydrogens (tertiary/aromatic N) is 1. The summed E-state index contributed by atoms with van der Waals surface area (Å²) in [6.07, 6.45) is 2.74. The van der Waals surface area contributed by atoms with E-state index in [4.69, 9.17) is 0 Å². The first kappa shape index (κ1) is 19.6. The zero-order chi connectivity index (χ0) is 19.4. The second kappa shape index (κ2) is 8.23. The molecule has 5 nitrogen and oxygen atoms in total. The number of hydrogen-bond donors (Lipinski definition) is 1. The number of rotatable bonds is 6. The van der Waals surface area contributed by atoms with Gasteiger partial charge in [-0.2, -0.15) is 4.31 Å². The number of hydrogen-bond acceptors (Lipinski definition) is 3. The monoisotopic (exact) mass is 386 g/mol. The Morgan fingerprint density at radius 3 is 2.41 bits per heavy atom. The van der Waals surface area contributed by atoms with E-state index in [9.17, 15) is 13.2 Å². The van der Waals surface area contributed by atoms with Crippen molar-refractivity contribution in [2.24, 2.45) is 0 Å². The van der Waals surface area contributed by atoms with Crippen LogP contribution in [0.3, 0.4) is 0 Å². The summed E-state index contributed by atoms with van der Waals surface area (Å²) in [6.45, 7) is 5.11. The summed E-state index contributed by atoms with van der Waals surface area (Å²) in [5.74, 6) is -0.277. The van der Waals surface area contributed by atoms with Crippen molar-refractivity contribution in [1.29, 1.82) is 0 Å². The van der Waals surface area contributed by atoms with Crippen LogP contribution in [0.15, 0.2) is 53.4 Å². The number of nitrogens with one attached hydrogen (secondary N) is 1. The van der Waals surface area contributed by atoms with Crippen molar-refractivity contribution in [3.8, 4) is 0 Å². The molecule has 1 N–H and O–H groups in total. The highest BCUT2D eigenvalue weighted by Gasteiger charge is 2.27. The molecule has 144 valence electrons. The van der Waals surface area contributed by atoms with Crippen LogP contribution in [0.5, 0.6) is 0 Å². The fourth-order valence-corrected chi connectivity index (χ4v) is 4.84. The number of carbonyl (C=O) groups is 1. The van der Waals surface area contributed by atoms with Crippen LogP contribution in [0, 0.1) is 0 Å².